The Morgan fingerprint density at radius 1 is 1.27 bits per heavy atom. The third-order valence-corrected chi connectivity index (χ3v) is 3.32. The van der Waals surface area contributed by atoms with Crippen LogP contribution in [0.3, 0.4) is 0 Å². The van der Waals surface area contributed by atoms with Crippen LogP contribution < -0.4 is 16.0 Å². The summed E-state index contributed by atoms with van der Waals surface area (Å²) in [6.07, 6.45) is 0. The van der Waals surface area contributed by atoms with Gasteiger partial charge in [0.05, 0.1) is 12.3 Å². The maximum atomic E-state index is 12.1. The first-order valence-electron chi connectivity index (χ1n) is 7.46. The minimum atomic E-state index is -0.343. The van der Waals surface area contributed by atoms with Crippen LogP contribution in [0.5, 0.6) is 5.75 Å². The number of benzene rings is 1. The predicted octanol–water partition coefficient (Wildman–Crippen LogP) is 2.50. The molecule has 0 bridgehead atoms. The van der Waals surface area contributed by atoms with Crippen molar-refractivity contribution < 1.29 is 4.74 Å². The van der Waals surface area contributed by atoms with E-state index in [2.05, 4.69) is 18.9 Å². The second-order valence-electron chi connectivity index (χ2n) is 5.90. The van der Waals surface area contributed by atoms with Gasteiger partial charge in [-0.05, 0) is 31.0 Å². The molecular weight excluding hydrogens is 278 g/mol. The lowest BCUT2D eigenvalue weighted by atomic mass is 10.1. The van der Waals surface area contributed by atoms with Crippen molar-refractivity contribution in [3.05, 3.63) is 46.2 Å². The zero-order valence-electron chi connectivity index (χ0n) is 13.5. The highest BCUT2D eigenvalue weighted by atomic mass is 16.5. The van der Waals surface area contributed by atoms with Crippen LogP contribution in [0, 0.1) is 5.92 Å². The molecule has 5 nitrogen and oxygen atoms in total. The van der Waals surface area contributed by atoms with Gasteiger partial charge in [-0.15, -0.1) is 0 Å². The second-order valence-corrected chi connectivity index (χ2v) is 5.90. The molecule has 1 unspecified atom stereocenters. The highest BCUT2D eigenvalue weighted by Crippen LogP contribution is 2.29. The normalized spacial score (nSPS) is 12.5. The summed E-state index contributed by atoms with van der Waals surface area (Å²) in [4.78, 5) is 12.1. The van der Waals surface area contributed by atoms with E-state index in [0.29, 0.717) is 23.8 Å². The molecule has 0 aliphatic rings. The number of aromatic nitrogens is 2. The van der Waals surface area contributed by atoms with Crippen molar-refractivity contribution in [3.63, 3.8) is 0 Å². The third-order valence-electron chi connectivity index (χ3n) is 3.32. The first-order chi connectivity index (χ1) is 10.4. The zero-order valence-corrected chi connectivity index (χ0v) is 13.5. The summed E-state index contributed by atoms with van der Waals surface area (Å²) in [5.74, 6) is 1.19. The molecule has 0 saturated carbocycles. The van der Waals surface area contributed by atoms with E-state index in [9.17, 15) is 4.79 Å². The Morgan fingerprint density at radius 3 is 2.59 bits per heavy atom. The number of hydrogen-bond acceptors (Lipinski definition) is 4. The summed E-state index contributed by atoms with van der Waals surface area (Å²) < 4.78 is 7.19. The van der Waals surface area contributed by atoms with Gasteiger partial charge in [0.15, 0.2) is 0 Å². The number of para-hydroxylation sites is 1. The topological polar surface area (TPSA) is 70.1 Å². The van der Waals surface area contributed by atoms with Gasteiger partial charge < -0.3 is 10.5 Å². The highest BCUT2D eigenvalue weighted by molar-refractivity contribution is 5.67. The number of hydrogen-bond donors (Lipinski definition) is 1. The van der Waals surface area contributed by atoms with Gasteiger partial charge in [-0.1, -0.05) is 26.0 Å². The SMILES string of the molecule is CC(C)COc1ccccc1-c1cc(C(C)N)c(=O)n(C)n1. The van der Waals surface area contributed by atoms with Crippen molar-refractivity contribution in [1.29, 1.82) is 0 Å². The molecule has 1 aromatic carbocycles. The lowest BCUT2D eigenvalue weighted by Crippen LogP contribution is -2.27. The maximum absolute atomic E-state index is 12.1. The van der Waals surface area contributed by atoms with Crippen molar-refractivity contribution in [1.82, 2.24) is 9.78 Å². The molecule has 0 amide bonds. The van der Waals surface area contributed by atoms with Crippen molar-refractivity contribution in [2.45, 2.75) is 26.8 Å². The summed E-state index contributed by atoms with van der Waals surface area (Å²) >= 11 is 0. The first kappa shape index (κ1) is 16.2. The molecule has 2 N–H and O–H groups in total. The molecule has 0 spiro atoms. The number of nitrogens with two attached hydrogens (primary N) is 1. The van der Waals surface area contributed by atoms with E-state index in [4.69, 9.17) is 10.5 Å². The predicted molar refractivity (Wildman–Crippen MR) is 87.8 cm³/mol. The van der Waals surface area contributed by atoms with Gasteiger partial charge in [0.25, 0.3) is 5.56 Å². The van der Waals surface area contributed by atoms with Crippen LogP contribution in [-0.4, -0.2) is 16.4 Å². The zero-order chi connectivity index (χ0) is 16.3. The Labute approximate surface area is 130 Å². The Morgan fingerprint density at radius 2 is 1.95 bits per heavy atom. The van der Waals surface area contributed by atoms with E-state index in [1.165, 1.54) is 4.68 Å². The van der Waals surface area contributed by atoms with E-state index in [0.717, 1.165) is 11.3 Å². The smallest absolute Gasteiger partial charge is 0.271 e. The monoisotopic (exact) mass is 301 g/mol. The van der Waals surface area contributed by atoms with Crippen molar-refractivity contribution in [2.24, 2.45) is 18.7 Å². The van der Waals surface area contributed by atoms with Crippen LogP contribution in [0.1, 0.15) is 32.4 Å². The minimum absolute atomic E-state index is 0.167. The second kappa shape index (κ2) is 6.75. The lowest BCUT2D eigenvalue weighted by Gasteiger charge is -2.14. The number of nitrogens with zero attached hydrogens (tertiary/aromatic N) is 2. The van der Waals surface area contributed by atoms with E-state index in [1.807, 2.05) is 24.3 Å². The average molecular weight is 301 g/mol. The average Bonchev–Trinajstić information content (AvgIpc) is 2.47. The van der Waals surface area contributed by atoms with Gasteiger partial charge in [-0.2, -0.15) is 5.10 Å². The van der Waals surface area contributed by atoms with Crippen LogP contribution in [-0.2, 0) is 7.05 Å². The molecule has 0 aliphatic heterocycles. The van der Waals surface area contributed by atoms with Crippen LogP contribution in [0.25, 0.3) is 11.3 Å². The van der Waals surface area contributed by atoms with Gasteiger partial charge in [0, 0.05) is 24.2 Å². The van der Waals surface area contributed by atoms with Crippen LogP contribution in [0.2, 0.25) is 0 Å². The Kier molecular flexibility index (Phi) is 4.98. The molecule has 1 atom stereocenters. The molecule has 0 saturated heterocycles. The van der Waals surface area contributed by atoms with Crippen molar-refractivity contribution in [3.8, 4) is 17.0 Å². The number of aryl methyl sites for hydroxylation is 1. The summed E-state index contributed by atoms with van der Waals surface area (Å²) in [6, 6.07) is 9.11. The van der Waals surface area contributed by atoms with Gasteiger partial charge in [-0.3, -0.25) is 4.79 Å². The van der Waals surface area contributed by atoms with Crippen molar-refractivity contribution in [2.75, 3.05) is 6.61 Å². The lowest BCUT2D eigenvalue weighted by molar-refractivity contribution is 0.272. The van der Waals surface area contributed by atoms with Gasteiger partial charge in [0.2, 0.25) is 0 Å². The summed E-state index contributed by atoms with van der Waals surface area (Å²) in [6.45, 7) is 6.62. The van der Waals surface area contributed by atoms with E-state index < -0.39 is 0 Å². The fraction of sp³-hybridized carbons (Fsp3) is 0.412. The molecule has 5 heteroatoms. The molecule has 22 heavy (non-hydrogen) atoms. The molecule has 0 aliphatic carbocycles. The number of ether oxygens (including phenoxy) is 1. The quantitative estimate of drug-likeness (QED) is 0.921. The van der Waals surface area contributed by atoms with E-state index in [1.54, 1.807) is 20.0 Å². The van der Waals surface area contributed by atoms with Crippen LogP contribution in [0.4, 0.5) is 0 Å². The summed E-state index contributed by atoms with van der Waals surface area (Å²) in [7, 11) is 1.63. The minimum Gasteiger partial charge on any atom is -0.493 e. The molecular formula is C17H23N3O2. The largest absolute Gasteiger partial charge is 0.493 e. The van der Waals surface area contributed by atoms with Gasteiger partial charge in [0.1, 0.15) is 5.75 Å². The van der Waals surface area contributed by atoms with Crippen LogP contribution in [0.15, 0.2) is 35.1 Å². The standard InChI is InChI=1S/C17H23N3O2/c1-11(2)10-22-16-8-6-5-7-13(16)15-9-14(12(3)18)17(21)20(4)19-15/h5-9,11-12H,10,18H2,1-4H3. The summed E-state index contributed by atoms with van der Waals surface area (Å²) in [5, 5.41) is 4.34. The molecule has 1 aromatic heterocycles. The molecule has 0 fully saturated rings. The molecule has 2 aromatic rings. The Hall–Kier alpha value is -2.14. The summed E-state index contributed by atoms with van der Waals surface area (Å²) in [5.41, 5.74) is 7.82. The Balaban J connectivity index is 2.50. The molecule has 118 valence electrons. The molecule has 2 rings (SSSR count). The fourth-order valence-electron chi connectivity index (χ4n) is 2.15. The van der Waals surface area contributed by atoms with E-state index >= 15 is 0 Å². The third kappa shape index (κ3) is 3.54. The van der Waals surface area contributed by atoms with Gasteiger partial charge >= 0.3 is 0 Å². The maximum Gasteiger partial charge on any atom is 0.271 e. The van der Waals surface area contributed by atoms with Gasteiger partial charge in [-0.25, -0.2) is 4.68 Å². The van der Waals surface area contributed by atoms with Crippen LogP contribution >= 0.6 is 0 Å². The fourth-order valence-corrected chi connectivity index (χ4v) is 2.15. The number of rotatable bonds is 5. The van der Waals surface area contributed by atoms with Crippen molar-refractivity contribution >= 4 is 0 Å². The Bertz CT molecular complexity index is 705. The molecule has 0 radical (unpaired) electrons. The molecule has 1 heterocycles. The highest BCUT2D eigenvalue weighted by Gasteiger charge is 2.14. The van der Waals surface area contributed by atoms with E-state index in [-0.39, 0.29) is 11.6 Å². The first-order valence-corrected chi connectivity index (χ1v) is 7.46.